The molecule has 0 spiro atoms. The lowest BCUT2D eigenvalue weighted by Crippen LogP contribution is -2.34. The Kier molecular flexibility index (Phi) is 6.74. The maximum atomic E-state index is 13.4. The van der Waals surface area contributed by atoms with Gasteiger partial charge in [0.25, 0.3) is 5.69 Å². The number of carbonyl (C=O) groups is 1. The topological polar surface area (TPSA) is 118 Å². The number of nitro benzene ring substituents is 1. The van der Waals surface area contributed by atoms with Crippen LogP contribution in [0.4, 0.5) is 10.1 Å². The van der Waals surface area contributed by atoms with Crippen molar-refractivity contribution < 1.29 is 22.5 Å². The molecule has 8 nitrogen and oxygen atoms in total. The summed E-state index contributed by atoms with van der Waals surface area (Å²) < 4.78 is 39.8. The molecule has 0 heterocycles. The molecule has 0 aliphatic heterocycles. The van der Waals surface area contributed by atoms with Crippen molar-refractivity contribution in [2.24, 2.45) is 0 Å². The first-order valence-electron chi connectivity index (χ1n) is 7.74. The Bertz CT molecular complexity index is 976. The molecule has 0 aliphatic rings. The van der Waals surface area contributed by atoms with Gasteiger partial charge in [0.2, 0.25) is 15.9 Å². The largest absolute Gasteiger partial charge is 0.351 e. The summed E-state index contributed by atoms with van der Waals surface area (Å²) in [4.78, 5) is 21.4. The van der Waals surface area contributed by atoms with Crippen molar-refractivity contribution in [1.29, 1.82) is 0 Å². The average molecular weight is 393 g/mol. The van der Waals surface area contributed by atoms with Crippen LogP contribution in [0.2, 0.25) is 0 Å². The van der Waals surface area contributed by atoms with E-state index in [4.69, 9.17) is 0 Å². The lowest BCUT2D eigenvalue weighted by atomic mass is 10.2. The Balaban J connectivity index is 1.85. The summed E-state index contributed by atoms with van der Waals surface area (Å²) in [5, 5.41) is 13.2. The summed E-state index contributed by atoms with van der Waals surface area (Å²) in [6.07, 6.45) is 2.44. The molecule has 0 aliphatic carbocycles. The molecule has 10 heteroatoms. The minimum Gasteiger partial charge on any atom is -0.351 e. The number of rotatable bonds is 8. The third-order valence-electron chi connectivity index (χ3n) is 3.37. The van der Waals surface area contributed by atoms with E-state index in [9.17, 15) is 27.7 Å². The van der Waals surface area contributed by atoms with E-state index in [1.807, 2.05) is 0 Å². The van der Waals surface area contributed by atoms with Crippen LogP contribution in [0.3, 0.4) is 0 Å². The molecule has 0 unspecified atom stereocenters. The van der Waals surface area contributed by atoms with Gasteiger partial charge in [0.05, 0.1) is 9.82 Å². The molecule has 0 radical (unpaired) electrons. The monoisotopic (exact) mass is 393 g/mol. The van der Waals surface area contributed by atoms with Crippen LogP contribution >= 0.6 is 0 Å². The molecule has 0 aromatic heterocycles. The summed E-state index contributed by atoms with van der Waals surface area (Å²) in [6.45, 7) is -0.140. The minimum absolute atomic E-state index is 0.0192. The summed E-state index contributed by atoms with van der Waals surface area (Å²) in [7, 11) is -3.95. The second-order valence-corrected chi connectivity index (χ2v) is 7.07. The maximum absolute atomic E-state index is 13.4. The van der Waals surface area contributed by atoms with Crippen molar-refractivity contribution in [1.82, 2.24) is 10.0 Å². The van der Waals surface area contributed by atoms with Gasteiger partial charge >= 0.3 is 0 Å². The molecule has 142 valence electrons. The van der Waals surface area contributed by atoms with Crippen LogP contribution < -0.4 is 10.0 Å². The van der Waals surface area contributed by atoms with Gasteiger partial charge in [0, 0.05) is 36.9 Å². The predicted octanol–water partition coefficient (Wildman–Crippen LogP) is 1.84. The number of hydrogen-bond acceptors (Lipinski definition) is 5. The molecule has 0 saturated carbocycles. The molecule has 2 aromatic carbocycles. The Morgan fingerprint density at radius 3 is 2.59 bits per heavy atom. The number of nitrogens with zero attached hydrogens (tertiary/aromatic N) is 1. The number of halogens is 1. The van der Waals surface area contributed by atoms with E-state index in [0.717, 1.165) is 12.1 Å². The fourth-order valence-electron chi connectivity index (χ4n) is 2.05. The summed E-state index contributed by atoms with van der Waals surface area (Å²) in [6, 6.07) is 10.5. The molecule has 1 amide bonds. The summed E-state index contributed by atoms with van der Waals surface area (Å²) >= 11 is 0. The van der Waals surface area contributed by atoms with Gasteiger partial charge in [-0.3, -0.25) is 14.9 Å². The lowest BCUT2D eigenvalue weighted by Gasteiger charge is -2.07. The Morgan fingerprint density at radius 1 is 1.15 bits per heavy atom. The quantitative estimate of drug-likeness (QED) is 0.307. The van der Waals surface area contributed by atoms with Crippen molar-refractivity contribution in [3.63, 3.8) is 0 Å². The van der Waals surface area contributed by atoms with Gasteiger partial charge in [-0.2, -0.15) is 0 Å². The fraction of sp³-hybridized carbons (Fsp3) is 0.118. The van der Waals surface area contributed by atoms with Crippen molar-refractivity contribution in [2.75, 3.05) is 13.1 Å². The highest BCUT2D eigenvalue weighted by Crippen LogP contribution is 2.16. The summed E-state index contributed by atoms with van der Waals surface area (Å²) in [5.74, 6) is -0.987. The van der Waals surface area contributed by atoms with E-state index < -0.39 is 26.7 Å². The normalized spacial score (nSPS) is 11.4. The molecule has 2 aromatic rings. The first-order valence-corrected chi connectivity index (χ1v) is 9.22. The average Bonchev–Trinajstić information content (AvgIpc) is 2.64. The van der Waals surface area contributed by atoms with E-state index in [-0.39, 0.29) is 29.2 Å². The second-order valence-electron chi connectivity index (χ2n) is 5.30. The number of hydrogen-bond donors (Lipinski definition) is 2. The molecule has 0 bridgehead atoms. The van der Waals surface area contributed by atoms with Gasteiger partial charge < -0.3 is 5.32 Å². The highest BCUT2D eigenvalue weighted by Gasteiger charge is 2.16. The van der Waals surface area contributed by atoms with Crippen LogP contribution in [0.25, 0.3) is 6.08 Å². The van der Waals surface area contributed by atoms with E-state index in [1.54, 1.807) is 6.07 Å². The number of benzene rings is 2. The van der Waals surface area contributed by atoms with Crippen LogP contribution in [0.1, 0.15) is 5.56 Å². The number of carbonyl (C=O) groups excluding carboxylic acids is 1. The third kappa shape index (κ3) is 5.97. The van der Waals surface area contributed by atoms with Crippen LogP contribution in [0.5, 0.6) is 0 Å². The van der Waals surface area contributed by atoms with Gasteiger partial charge in [0.15, 0.2) is 0 Å². The van der Waals surface area contributed by atoms with Crippen LogP contribution in [-0.4, -0.2) is 32.3 Å². The zero-order chi connectivity index (χ0) is 19.9. The van der Waals surface area contributed by atoms with Gasteiger partial charge in [-0.15, -0.1) is 0 Å². The first kappa shape index (κ1) is 20.2. The SMILES string of the molecule is O=C(/C=C/c1ccccc1F)NCCNS(=O)(=O)c1cccc([N+](=O)[O-])c1. The van der Waals surface area contributed by atoms with E-state index in [1.165, 1.54) is 42.5 Å². The maximum Gasteiger partial charge on any atom is 0.270 e. The highest BCUT2D eigenvalue weighted by molar-refractivity contribution is 7.89. The molecule has 2 rings (SSSR count). The van der Waals surface area contributed by atoms with Crippen LogP contribution in [0, 0.1) is 15.9 Å². The smallest absolute Gasteiger partial charge is 0.270 e. The van der Waals surface area contributed by atoms with Crippen LogP contribution in [-0.2, 0) is 14.8 Å². The number of nitro groups is 1. The molecule has 2 N–H and O–H groups in total. The first-order chi connectivity index (χ1) is 12.8. The zero-order valence-electron chi connectivity index (χ0n) is 14.0. The number of non-ortho nitro benzene ring substituents is 1. The van der Waals surface area contributed by atoms with Gasteiger partial charge in [-0.1, -0.05) is 24.3 Å². The van der Waals surface area contributed by atoms with Crippen LogP contribution in [0.15, 0.2) is 59.5 Å². The molecule has 27 heavy (non-hydrogen) atoms. The Labute approximate surface area is 154 Å². The van der Waals surface area contributed by atoms with E-state index in [0.29, 0.717) is 0 Å². The second kappa shape index (κ2) is 9.01. The number of nitrogens with one attached hydrogen (secondary N) is 2. The van der Waals surface area contributed by atoms with Crippen molar-refractivity contribution in [2.45, 2.75) is 4.90 Å². The van der Waals surface area contributed by atoms with Gasteiger partial charge in [-0.25, -0.2) is 17.5 Å². The Hall–Kier alpha value is -3.11. The van der Waals surface area contributed by atoms with E-state index in [2.05, 4.69) is 10.0 Å². The van der Waals surface area contributed by atoms with Crippen molar-refractivity contribution >= 4 is 27.7 Å². The lowest BCUT2D eigenvalue weighted by molar-refractivity contribution is -0.385. The fourth-order valence-corrected chi connectivity index (χ4v) is 3.12. The molecule has 0 atom stereocenters. The number of sulfonamides is 1. The standard InChI is InChI=1S/C17H16FN3O5S/c18-16-7-2-1-4-13(16)8-9-17(22)19-10-11-20-27(25,26)15-6-3-5-14(12-15)21(23)24/h1-9,12,20H,10-11H2,(H,19,22)/b9-8+. The van der Waals surface area contributed by atoms with Crippen molar-refractivity contribution in [3.05, 3.63) is 76.1 Å². The van der Waals surface area contributed by atoms with Crippen molar-refractivity contribution in [3.8, 4) is 0 Å². The molecular formula is C17H16FN3O5S. The molecule has 0 fully saturated rings. The molecule has 0 saturated heterocycles. The number of amides is 1. The Morgan fingerprint density at radius 2 is 1.89 bits per heavy atom. The van der Waals surface area contributed by atoms with Gasteiger partial charge in [-0.05, 0) is 18.2 Å². The molecular weight excluding hydrogens is 377 g/mol. The van der Waals surface area contributed by atoms with Gasteiger partial charge in [0.1, 0.15) is 5.82 Å². The third-order valence-corrected chi connectivity index (χ3v) is 4.83. The zero-order valence-corrected chi connectivity index (χ0v) is 14.8. The van der Waals surface area contributed by atoms with E-state index >= 15 is 0 Å². The minimum atomic E-state index is -3.95. The summed E-state index contributed by atoms with van der Waals surface area (Å²) in [5.41, 5.74) is -0.0940. The highest BCUT2D eigenvalue weighted by atomic mass is 32.2. The predicted molar refractivity (Wildman–Crippen MR) is 96.7 cm³/mol.